The number of ether oxygens (including phenoxy) is 1. The molecule has 0 aromatic heterocycles. The first kappa shape index (κ1) is 29.0. The van der Waals surface area contributed by atoms with Crippen molar-refractivity contribution < 1.29 is 24.0 Å². The molecule has 2 aromatic carbocycles. The van der Waals surface area contributed by atoms with Gasteiger partial charge in [-0.15, -0.1) is 0 Å². The lowest BCUT2D eigenvalue weighted by molar-refractivity contribution is -0.385. The maximum Gasteiger partial charge on any atom is 0.311 e. The van der Waals surface area contributed by atoms with Gasteiger partial charge in [0.2, 0.25) is 0 Å². The number of allylic oxidation sites excluding steroid dienone is 1. The Hall–Kier alpha value is -4.54. The Kier molecular flexibility index (Phi) is 10.7. The summed E-state index contributed by atoms with van der Waals surface area (Å²) < 4.78 is 5.44. The molecule has 204 valence electrons. The summed E-state index contributed by atoms with van der Waals surface area (Å²) >= 11 is 0. The number of Topliss-reactive ketones (excluding diaryl/α,β-unsaturated/α-hetero) is 1. The number of ketones is 1. The van der Waals surface area contributed by atoms with E-state index in [0.717, 1.165) is 31.7 Å². The van der Waals surface area contributed by atoms with Gasteiger partial charge in [0.25, 0.3) is 11.6 Å². The lowest BCUT2D eigenvalue weighted by atomic mass is 9.88. The van der Waals surface area contributed by atoms with E-state index in [0.29, 0.717) is 17.7 Å². The molecule has 1 amide bonds. The van der Waals surface area contributed by atoms with Crippen LogP contribution in [-0.4, -0.2) is 35.2 Å². The highest BCUT2D eigenvalue weighted by atomic mass is 16.6. The molecule has 0 radical (unpaired) electrons. The van der Waals surface area contributed by atoms with Gasteiger partial charge in [0.15, 0.2) is 5.78 Å². The molecule has 0 saturated heterocycles. The van der Waals surface area contributed by atoms with Gasteiger partial charge in [0.1, 0.15) is 11.3 Å². The molecule has 39 heavy (non-hydrogen) atoms. The number of esters is 1. The maximum atomic E-state index is 12.5. The lowest BCUT2D eigenvalue weighted by Gasteiger charge is -2.22. The number of nitro groups is 1. The SMILES string of the molecule is [N-]=[N+]=Nc1ccc(C(=O)NCCCC(=O)c2ccc(OC(=O)C[C@@H]3CCCC/C=C/[C@H]3N)cc2)c([N+](=O)[O-])c1. The van der Waals surface area contributed by atoms with Crippen LogP contribution in [0.25, 0.3) is 10.4 Å². The molecule has 0 fully saturated rings. The number of hydrogen-bond acceptors (Lipinski definition) is 8. The van der Waals surface area contributed by atoms with Crippen molar-refractivity contribution >= 4 is 29.0 Å². The van der Waals surface area contributed by atoms with E-state index in [4.69, 9.17) is 16.0 Å². The number of azide groups is 1. The van der Waals surface area contributed by atoms with Crippen LogP contribution in [0.5, 0.6) is 5.75 Å². The van der Waals surface area contributed by atoms with E-state index >= 15 is 0 Å². The first-order valence-electron chi connectivity index (χ1n) is 12.7. The van der Waals surface area contributed by atoms with E-state index in [1.807, 2.05) is 6.08 Å². The Labute approximate surface area is 225 Å². The van der Waals surface area contributed by atoms with Gasteiger partial charge >= 0.3 is 5.97 Å². The highest BCUT2D eigenvalue weighted by Crippen LogP contribution is 2.25. The minimum Gasteiger partial charge on any atom is -0.427 e. The molecule has 0 saturated carbocycles. The van der Waals surface area contributed by atoms with Gasteiger partial charge in [0, 0.05) is 41.2 Å². The van der Waals surface area contributed by atoms with Crippen LogP contribution in [0.15, 0.2) is 59.7 Å². The van der Waals surface area contributed by atoms with Crippen LogP contribution in [0.2, 0.25) is 0 Å². The second kappa shape index (κ2) is 14.4. The molecule has 3 rings (SSSR count). The van der Waals surface area contributed by atoms with Gasteiger partial charge in [-0.1, -0.05) is 29.8 Å². The summed E-state index contributed by atoms with van der Waals surface area (Å²) in [7, 11) is 0. The number of carbonyl (C=O) groups is 3. The zero-order valence-corrected chi connectivity index (χ0v) is 21.3. The maximum absolute atomic E-state index is 12.5. The molecule has 3 N–H and O–H groups in total. The Bertz CT molecular complexity index is 1290. The molecule has 0 bridgehead atoms. The second-order valence-corrected chi connectivity index (χ2v) is 9.18. The summed E-state index contributed by atoms with van der Waals surface area (Å²) in [6.45, 7) is 0.119. The summed E-state index contributed by atoms with van der Waals surface area (Å²) in [6.07, 6.45) is 8.64. The third kappa shape index (κ3) is 8.77. The van der Waals surface area contributed by atoms with E-state index < -0.39 is 16.5 Å². The predicted molar refractivity (Wildman–Crippen MR) is 144 cm³/mol. The molecule has 0 unspecified atom stereocenters. The molecular weight excluding hydrogens is 504 g/mol. The number of nitro benzene ring substituents is 1. The number of nitrogens with one attached hydrogen (secondary N) is 1. The third-order valence-corrected chi connectivity index (χ3v) is 6.38. The van der Waals surface area contributed by atoms with Crippen molar-refractivity contribution in [3.63, 3.8) is 0 Å². The fraction of sp³-hybridized carbons (Fsp3) is 0.370. The normalized spacial score (nSPS) is 17.6. The van der Waals surface area contributed by atoms with Crippen LogP contribution in [0.3, 0.4) is 0 Å². The summed E-state index contributed by atoms with van der Waals surface area (Å²) in [5.41, 5.74) is 14.4. The molecule has 1 aliphatic carbocycles. The molecule has 0 heterocycles. The minimum absolute atomic E-state index is 0.0174. The van der Waals surface area contributed by atoms with Gasteiger partial charge in [-0.05, 0) is 67.5 Å². The lowest BCUT2D eigenvalue weighted by Crippen LogP contribution is -2.31. The standard InChI is InChI=1S/C27H30N6O6/c28-23-7-4-2-1-3-6-19(23)16-26(35)39-21-12-9-18(10-13-21)25(34)8-5-15-30-27(36)22-14-11-20(31-32-29)17-24(22)33(37)38/h4,7,9-14,17,19,23H,1-3,5-6,8,15-16,28H2,(H,30,36)/b7-4+/t19-,23+/m0/s1. The van der Waals surface area contributed by atoms with Crippen molar-refractivity contribution in [1.29, 1.82) is 0 Å². The molecule has 2 aromatic rings. The van der Waals surface area contributed by atoms with Gasteiger partial charge in [-0.3, -0.25) is 24.5 Å². The van der Waals surface area contributed by atoms with E-state index in [1.54, 1.807) is 24.3 Å². The van der Waals surface area contributed by atoms with Gasteiger partial charge in [-0.25, -0.2) is 0 Å². The van der Waals surface area contributed by atoms with E-state index in [2.05, 4.69) is 21.4 Å². The van der Waals surface area contributed by atoms with Gasteiger partial charge in [0.05, 0.1) is 11.3 Å². The van der Waals surface area contributed by atoms with Gasteiger partial charge in [-0.2, -0.15) is 0 Å². The van der Waals surface area contributed by atoms with E-state index in [9.17, 15) is 24.5 Å². The zero-order valence-electron chi connectivity index (χ0n) is 21.3. The number of amides is 1. The van der Waals surface area contributed by atoms with Crippen LogP contribution in [-0.2, 0) is 4.79 Å². The van der Waals surface area contributed by atoms with Crippen LogP contribution >= 0.6 is 0 Å². The Morgan fingerprint density at radius 2 is 1.95 bits per heavy atom. The van der Waals surface area contributed by atoms with E-state index in [-0.39, 0.29) is 54.3 Å². The summed E-state index contributed by atoms with van der Waals surface area (Å²) in [4.78, 5) is 50.5. The fourth-order valence-corrected chi connectivity index (χ4v) is 4.27. The molecule has 2 atom stereocenters. The highest BCUT2D eigenvalue weighted by Gasteiger charge is 2.22. The van der Waals surface area contributed by atoms with Crippen LogP contribution in [0.1, 0.15) is 65.7 Å². The summed E-state index contributed by atoms with van der Waals surface area (Å²) in [5.74, 6) is -0.847. The largest absolute Gasteiger partial charge is 0.427 e. The molecular formula is C27H30N6O6. The van der Waals surface area contributed by atoms with Gasteiger partial charge < -0.3 is 15.8 Å². The third-order valence-electron chi connectivity index (χ3n) is 6.38. The number of nitrogens with two attached hydrogens (primary N) is 1. The van der Waals surface area contributed by atoms with Crippen molar-refractivity contribution in [2.45, 2.75) is 51.0 Å². The Morgan fingerprint density at radius 1 is 1.18 bits per heavy atom. The highest BCUT2D eigenvalue weighted by molar-refractivity contribution is 5.99. The monoisotopic (exact) mass is 534 g/mol. The van der Waals surface area contributed by atoms with Crippen molar-refractivity contribution in [2.24, 2.45) is 16.8 Å². The first-order valence-corrected chi connectivity index (χ1v) is 12.7. The average Bonchev–Trinajstić information content (AvgIpc) is 2.91. The second-order valence-electron chi connectivity index (χ2n) is 9.18. The molecule has 0 aliphatic heterocycles. The Morgan fingerprint density at radius 3 is 2.67 bits per heavy atom. The number of benzene rings is 2. The number of hydrogen-bond donors (Lipinski definition) is 2. The predicted octanol–water partition coefficient (Wildman–Crippen LogP) is 5.30. The number of nitrogens with zero attached hydrogens (tertiary/aromatic N) is 4. The number of rotatable bonds is 11. The average molecular weight is 535 g/mol. The zero-order chi connectivity index (χ0) is 28.2. The summed E-state index contributed by atoms with van der Waals surface area (Å²) in [5, 5.41) is 17.1. The topological polar surface area (TPSA) is 190 Å². The molecule has 0 spiro atoms. The molecule has 12 heteroatoms. The van der Waals surface area contributed by atoms with Crippen molar-refractivity contribution in [1.82, 2.24) is 5.32 Å². The summed E-state index contributed by atoms with van der Waals surface area (Å²) in [6, 6.07) is 9.61. The molecule has 12 nitrogen and oxygen atoms in total. The van der Waals surface area contributed by atoms with Crippen molar-refractivity contribution in [3.05, 3.63) is 86.3 Å². The smallest absolute Gasteiger partial charge is 0.311 e. The fourth-order valence-electron chi connectivity index (χ4n) is 4.27. The van der Waals surface area contributed by atoms with Crippen molar-refractivity contribution in [3.8, 4) is 5.75 Å². The van der Waals surface area contributed by atoms with Crippen LogP contribution < -0.4 is 15.8 Å². The number of carbonyl (C=O) groups excluding carboxylic acids is 3. The van der Waals surface area contributed by atoms with Crippen molar-refractivity contribution in [2.75, 3.05) is 6.54 Å². The first-order chi connectivity index (χ1) is 18.8. The van der Waals surface area contributed by atoms with E-state index in [1.165, 1.54) is 12.1 Å². The van der Waals surface area contributed by atoms with Crippen LogP contribution in [0.4, 0.5) is 11.4 Å². The quantitative estimate of drug-likeness (QED) is 0.0373. The Balaban J connectivity index is 1.46. The molecule has 1 aliphatic rings. The minimum atomic E-state index is -0.736. The van der Waals surface area contributed by atoms with Crippen LogP contribution in [0, 0.1) is 16.0 Å².